The smallest absolute Gasteiger partial charge is 0.433 e. The molecule has 28 nitrogen and oxygen atoms in total. The van der Waals surface area contributed by atoms with E-state index in [9.17, 15) is 29.3 Å². The summed E-state index contributed by atoms with van der Waals surface area (Å²) in [4.78, 5) is 95.3. The zero-order chi connectivity index (χ0) is 105. The Labute approximate surface area is 896 Å². The van der Waals surface area contributed by atoms with Crippen molar-refractivity contribution in [1.29, 1.82) is 0 Å². The molecule has 796 valence electrons. The van der Waals surface area contributed by atoms with Gasteiger partial charge in [0.15, 0.2) is 29.6 Å². The van der Waals surface area contributed by atoms with E-state index >= 15 is 0 Å². The van der Waals surface area contributed by atoms with Gasteiger partial charge in [0.05, 0.1) is 34.8 Å². The number of amides is 4. The summed E-state index contributed by atoms with van der Waals surface area (Å²) in [5.41, 5.74) is 51.5. The number of aliphatic imine (C=N–C) groups is 4. The Bertz CT molecular complexity index is 6140. The first-order valence-corrected chi connectivity index (χ1v) is 55.4. The van der Waals surface area contributed by atoms with E-state index in [4.69, 9.17) is 99.3 Å². The second-order valence-electron chi connectivity index (χ2n) is 44.1. The monoisotopic (exact) mass is 2110 g/mol. The number of hydrogen-bond acceptors (Lipinski definition) is 16. The molecule has 6 fully saturated rings. The number of pyridine rings is 1. The zero-order valence-corrected chi connectivity index (χ0v) is 90.1. The van der Waals surface area contributed by atoms with Crippen LogP contribution in [0.25, 0.3) is 10.1 Å². The maximum Gasteiger partial charge on any atom is 0.433 e. The standard InChI is InChI=1S/C31H40N4O2S.C30H43N5O4.C28H31Cl2N5O2.C28H37ClN4O2/c32-30(33)34-18-21-12-14-22(15-13-21)19-35(29(36)28-17-23-7-1-4-11-27(23)38-28)20-31-16-6-5-9-25(31)24-8-2-3-10-26(24)37-31;1-19-14-23-24(30(4,5)13-12-29(23,2)3)15-22(19)18-34(27(36)25-10-11-26(39-25)35(37)38)17-21-8-6-20(7-9-21)16-33-28(31)32;29-23-9-11-24(12-10-23)37-25-3-1-2-21(14-25)18-35(27(36)22-8-13-26(30)33-16-22)17-20-6-4-19(5-7-20)15-34-28(31)32;29-24-12-14-25(15-13-24)35-26-7-3-4-22(16-26)19-33(27(34)23-5-1-2-6-23)18-21-10-8-20(9-11-21)17-32-28(30)31/h1-7,11,17,21-22,24-26H,8-10,12-16,18-20H2,(H4,32,33,34);10-11,14-15,20-21H,6-9,12-13,16-18H2,1-5H3,(H4,31,32,33);1-3,8-14,16,19-20H,4-7,15,17-18H2,(H4,31,32,34);3-4,7,12-16,20-21,23H,1-2,5-6,8-11,17-19H2,(H4,30,31,32). The van der Waals surface area contributed by atoms with Crippen LogP contribution in [0.5, 0.6) is 23.0 Å². The summed E-state index contributed by atoms with van der Waals surface area (Å²) in [6.07, 6.45) is 38.6. The molecule has 4 amide bonds. The molecule has 1 saturated heterocycles. The van der Waals surface area contributed by atoms with Crippen molar-refractivity contribution in [2.24, 2.45) is 131 Å². The lowest BCUT2D eigenvalue weighted by molar-refractivity contribution is -0.402. The molecule has 0 bridgehead atoms. The van der Waals surface area contributed by atoms with Crippen LogP contribution in [0.4, 0.5) is 5.88 Å². The summed E-state index contributed by atoms with van der Waals surface area (Å²) in [5, 5.41) is 14.0. The number of nitrogens with zero attached hydrogens (tertiary/aromatic N) is 10. The Balaban J connectivity index is 0.000000149. The van der Waals surface area contributed by atoms with Gasteiger partial charge in [-0.25, -0.2) is 4.98 Å². The molecule has 0 radical (unpaired) electrons. The van der Waals surface area contributed by atoms with Crippen molar-refractivity contribution in [3.05, 3.63) is 269 Å². The lowest BCUT2D eigenvalue weighted by Crippen LogP contribution is -2.51. The number of thiophene rings is 1. The number of hydrogen-bond donors (Lipinski definition) is 8. The van der Waals surface area contributed by atoms with E-state index in [0.29, 0.717) is 163 Å². The number of allylic oxidation sites excluding steroid dienone is 2. The maximum atomic E-state index is 14.2. The number of nitro groups is 1. The highest BCUT2D eigenvalue weighted by molar-refractivity contribution is 7.20. The summed E-state index contributed by atoms with van der Waals surface area (Å²) < 4.78 is 25.5. The molecule has 4 atom stereocenters. The fourth-order valence-corrected chi connectivity index (χ4v) is 25.0. The number of furan rings is 1. The van der Waals surface area contributed by atoms with E-state index in [1.165, 1.54) is 34.2 Å². The van der Waals surface area contributed by atoms with Crippen LogP contribution in [0.15, 0.2) is 219 Å². The molecule has 4 heterocycles. The van der Waals surface area contributed by atoms with Crippen molar-refractivity contribution in [3.63, 3.8) is 0 Å². The minimum absolute atomic E-state index is 0.000204. The summed E-state index contributed by atoms with van der Waals surface area (Å²) >= 11 is 19.5. The largest absolute Gasteiger partial charge is 0.457 e. The number of carbonyl (C=O) groups excluding carboxylic acids is 4. The molecule has 18 rings (SSSR count). The van der Waals surface area contributed by atoms with Crippen molar-refractivity contribution in [2.45, 2.75) is 244 Å². The third-order valence-electron chi connectivity index (χ3n) is 32.2. The number of halogens is 3. The van der Waals surface area contributed by atoms with Crippen molar-refractivity contribution in [2.75, 3.05) is 58.9 Å². The van der Waals surface area contributed by atoms with Gasteiger partial charge in [0.2, 0.25) is 5.91 Å². The molecular formula is C117H151Cl3N18O10S. The topological polar surface area (TPSA) is 436 Å². The molecule has 9 aromatic rings. The highest BCUT2D eigenvalue weighted by atomic mass is 35.5. The van der Waals surface area contributed by atoms with Crippen molar-refractivity contribution in [1.82, 2.24) is 24.6 Å². The number of nitrogens with two attached hydrogens (primary N) is 8. The van der Waals surface area contributed by atoms with Gasteiger partial charge in [0.25, 0.3) is 17.7 Å². The molecule has 6 aromatic carbocycles. The zero-order valence-electron chi connectivity index (χ0n) is 87.0. The SMILES string of the molecule is Cc1cc2c(cc1CN(CC1CCC(CN=C(N)N)CC1)C(=O)c1ccc([N+](=O)[O-])o1)C(C)(C)CCC2(C)C.NC(N)=NCC1CCC(CN(CC23CC=CCC2C2CC=CCC2O3)C(=O)c2cc3ccccc3s2)CC1.NC(N)=NCC1CCC(CN(Cc2cccc(Oc3ccc(Cl)cc3)c2)C(=O)C2CCCC2)CC1.NC(N)=NCC1CCC(CN(Cc2cccc(Oc3ccc(Cl)cc3)c2)C(=O)c2ccc(Cl)nc2)CC1. The van der Waals surface area contributed by atoms with Crippen LogP contribution >= 0.6 is 46.1 Å². The molecule has 1 aliphatic heterocycles. The van der Waals surface area contributed by atoms with Gasteiger partial charge in [0.1, 0.15) is 33.1 Å². The second-order valence-corrected chi connectivity index (χ2v) is 46.5. The third-order valence-corrected chi connectivity index (χ3v) is 34.0. The van der Waals surface area contributed by atoms with Gasteiger partial charge < -0.3 is 84.1 Å². The molecule has 9 aliphatic rings. The lowest BCUT2D eigenvalue weighted by Gasteiger charge is -2.42. The van der Waals surface area contributed by atoms with E-state index in [2.05, 4.69) is 130 Å². The minimum Gasteiger partial charge on any atom is -0.457 e. The van der Waals surface area contributed by atoms with Gasteiger partial charge in [-0.3, -0.25) is 49.3 Å². The van der Waals surface area contributed by atoms with E-state index in [0.717, 1.165) is 224 Å². The average molecular weight is 2110 g/mol. The first-order chi connectivity index (χ1) is 71.6. The van der Waals surface area contributed by atoms with Crippen LogP contribution in [-0.4, -0.2) is 148 Å². The number of fused-ring (bicyclic) bond motifs is 5. The van der Waals surface area contributed by atoms with Crippen molar-refractivity contribution < 1.29 is 42.7 Å². The fourth-order valence-electron chi connectivity index (χ4n) is 23.6. The molecule has 8 aliphatic carbocycles. The van der Waals surface area contributed by atoms with Gasteiger partial charge in [0, 0.05) is 98.9 Å². The second kappa shape index (κ2) is 52.1. The molecule has 32 heteroatoms. The van der Waals surface area contributed by atoms with Gasteiger partial charge in [-0.05, 0) is 373 Å². The van der Waals surface area contributed by atoms with Crippen LogP contribution in [-0.2, 0) is 40.0 Å². The summed E-state index contributed by atoms with van der Waals surface area (Å²) in [7, 11) is 0. The summed E-state index contributed by atoms with van der Waals surface area (Å²) in [5.74, 6) is 8.04. The quantitative estimate of drug-likeness (QED) is 0.00473. The summed E-state index contributed by atoms with van der Waals surface area (Å²) in [6.45, 7) is 19.0. The molecule has 0 spiro atoms. The fraction of sp³-hybridized carbons (Fsp3) is 0.496. The Hall–Kier alpha value is -12.0. The van der Waals surface area contributed by atoms with Crippen molar-refractivity contribution in [3.8, 4) is 23.0 Å². The molecule has 5 saturated carbocycles. The van der Waals surface area contributed by atoms with Gasteiger partial charge in [-0.1, -0.05) is 154 Å². The third kappa shape index (κ3) is 31.4. The Morgan fingerprint density at radius 3 is 1.42 bits per heavy atom. The molecule has 3 aromatic heterocycles. The van der Waals surface area contributed by atoms with E-state index in [-0.39, 0.29) is 75.8 Å². The predicted molar refractivity (Wildman–Crippen MR) is 597 cm³/mol. The number of aromatic nitrogens is 1. The first kappa shape index (κ1) is 111. The van der Waals surface area contributed by atoms with Gasteiger partial charge >= 0.3 is 5.88 Å². The highest BCUT2D eigenvalue weighted by Gasteiger charge is 2.56. The van der Waals surface area contributed by atoms with Gasteiger partial charge in [-0.15, -0.1) is 11.3 Å². The van der Waals surface area contributed by atoms with Crippen LogP contribution in [0.3, 0.4) is 0 Å². The molecule has 16 N–H and O–H groups in total. The lowest BCUT2D eigenvalue weighted by atomic mass is 9.62. The number of aryl methyl sites for hydroxylation is 1. The number of ether oxygens (including phenoxy) is 3. The average Bonchev–Trinajstić information content (AvgIpc) is 1.74. The predicted octanol–water partition coefficient (Wildman–Crippen LogP) is 22.7. The van der Waals surface area contributed by atoms with Crippen molar-refractivity contribution >= 4 is 110 Å². The molecule has 149 heavy (non-hydrogen) atoms. The maximum absolute atomic E-state index is 14.2. The Morgan fingerprint density at radius 1 is 0.477 bits per heavy atom. The number of rotatable bonds is 33. The highest BCUT2D eigenvalue weighted by Crippen LogP contribution is 2.53. The molecular weight excluding hydrogens is 1960 g/mol. The number of guanidine groups is 4. The van der Waals surface area contributed by atoms with Crippen LogP contribution in [0, 0.1) is 82.1 Å². The number of benzene rings is 6. The minimum atomic E-state index is -0.615. The Kier molecular flexibility index (Phi) is 38.9. The van der Waals surface area contributed by atoms with E-state index in [1.54, 1.807) is 35.6 Å². The number of carbonyl (C=O) groups is 4. The normalized spacial score (nSPS) is 22.9. The van der Waals surface area contributed by atoms with Gasteiger partial charge in [-0.2, -0.15) is 0 Å². The Morgan fingerprint density at radius 2 is 0.940 bits per heavy atom. The van der Waals surface area contributed by atoms with E-state index < -0.39 is 10.8 Å². The molecule has 4 unspecified atom stereocenters. The van der Waals surface area contributed by atoms with Crippen LogP contribution < -0.4 is 55.3 Å². The first-order valence-electron chi connectivity index (χ1n) is 53.5. The van der Waals surface area contributed by atoms with Crippen LogP contribution in [0.2, 0.25) is 15.2 Å². The summed E-state index contributed by atoms with van der Waals surface area (Å²) in [6, 6.07) is 51.4. The van der Waals surface area contributed by atoms with E-state index in [1.807, 2.05) is 101 Å². The van der Waals surface area contributed by atoms with Crippen LogP contribution in [0.1, 0.15) is 259 Å².